The third-order valence-electron chi connectivity index (χ3n) is 7.68. The van der Waals surface area contributed by atoms with Gasteiger partial charge in [0.1, 0.15) is 0 Å². The van der Waals surface area contributed by atoms with Gasteiger partial charge in [0.05, 0.1) is 18.1 Å². The SMILES string of the molecule is CN1CCC(=C2c3ccccc3Sc3ccccc32)CC1.COC(=O)Nc1nc2ccc(Sc3ccccc3)cc2[nH]1.O=C(O)C=CC(=O)O. The van der Waals surface area contributed by atoms with Crippen molar-refractivity contribution in [2.24, 2.45) is 0 Å². The molecule has 12 heteroatoms. The zero-order chi connectivity index (χ0) is 35.5. The van der Waals surface area contributed by atoms with Crippen molar-refractivity contribution in [1.29, 1.82) is 0 Å². The molecule has 1 amide bonds. The van der Waals surface area contributed by atoms with E-state index in [1.54, 1.807) is 17.3 Å². The number of hydrogen-bond donors (Lipinski definition) is 4. The van der Waals surface area contributed by atoms with E-state index in [0.717, 1.165) is 15.9 Å². The molecule has 4 aromatic carbocycles. The molecule has 50 heavy (non-hydrogen) atoms. The Kier molecular flexibility index (Phi) is 12.5. The van der Waals surface area contributed by atoms with Crippen LogP contribution in [0.25, 0.3) is 16.6 Å². The average Bonchev–Trinajstić information content (AvgIpc) is 3.52. The number of ether oxygens (including phenoxy) is 1. The first-order valence-electron chi connectivity index (χ1n) is 15.7. The number of amides is 1. The molecule has 5 aromatic rings. The van der Waals surface area contributed by atoms with Gasteiger partial charge in [0.2, 0.25) is 5.95 Å². The van der Waals surface area contributed by atoms with E-state index in [4.69, 9.17) is 10.2 Å². The number of carboxylic acids is 2. The molecule has 7 rings (SSSR count). The van der Waals surface area contributed by atoms with Crippen molar-refractivity contribution >= 4 is 64.1 Å². The molecule has 0 spiro atoms. The predicted molar refractivity (Wildman–Crippen MR) is 197 cm³/mol. The lowest BCUT2D eigenvalue weighted by Crippen LogP contribution is -2.27. The van der Waals surface area contributed by atoms with Crippen molar-refractivity contribution in [2.45, 2.75) is 32.4 Å². The normalized spacial score (nSPS) is 13.6. The zero-order valence-corrected chi connectivity index (χ0v) is 29.1. The summed E-state index contributed by atoms with van der Waals surface area (Å²) in [6.07, 6.45) is 2.95. The molecule has 0 unspecified atom stereocenters. The molecule has 1 aromatic heterocycles. The van der Waals surface area contributed by atoms with Gasteiger partial charge in [-0.3, -0.25) is 5.32 Å². The number of anilines is 1. The number of nitrogens with one attached hydrogen (secondary N) is 2. The van der Waals surface area contributed by atoms with Crippen LogP contribution in [0.3, 0.4) is 0 Å². The first-order chi connectivity index (χ1) is 24.2. The number of aromatic nitrogens is 2. The molecule has 0 radical (unpaired) electrons. The largest absolute Gasteiger partial charge is 0.478 e. The second-order valence-electron chi connectivity index (χ2n) is 11.2. The number of aromatic amines is 1. The van der Waals surface area contributed by atoms with Crippen molar-refractivity contribution in [2.75, 3.05) is 32.6 Å². The summed E-state index contributed by atoms with van der Waals surface area (Å²) < 4.78 is 4.54. The number of carbonyl (C=O) groups is 3. The Morgan fingerprint density at radius 1 is 0.840 bits per heavy atom. The number of benzene rings is 4. The van der Waals surface area contributed by atoms with Crippen LogP contribution < -0.4 is 5.32 Å². The molecular weight excluding hydrogens is 673 g/mol. The Hall–Kier alpha value is -5.30. The van der Waals surface area contributed by atoms with Crippen LogP contribution in [0.5, 0.6) is 0 Å². The fourth-order valence-corrected chi connectivity index (χ4v) is 7.30. The number of carbonyl (C=O) groups excluding carboxylic acids is 1. The summed E-state index contributed by atoms with van der Waals surface area (Å²) in [5, 5.41) is 18.1. The van der Waals surface area contributed by atoms with E-state index in [2.05, 4.69) is 92.6 Å². The predicted octanol–water partition coefficient (Wildman–Crippen LogP) is 8.28. The van der Waals surface area contributed by atoms with E-state index in [0.29, 0.717) is 18.1 Å². The fourth-order valence-electron chi connectivity index (χ4n) is 5.33. The van der Waals surface area contributed by atoms with Gasteiger partial charge in [-0.25, -0.2) is 19.4 Å². The molecule has 1 fully saturated rings. The molecule has 0 bridgehead atoms. The highest BCUT2D eigenvalue weighted by atomic mass is 32.2. The summed E-state index contributed by atoms with van der Waals surface area (Å²) in [4.78, 5) is 45.1. The highest BCUT2D eigenvalue weighted by Gasteiger charge is 2.24. The molecule has 0 atom stereocenters. The summed E-state index contributed by atoms with van der Waals surface area (Å²) >= 11 is 3.58. The monoisotopic (exact) mass is 708 g/mol. The average molecular weight is 709 g/mol. The Morgan fingerprint density at radius 2 is 1.42 bits per heavy atom. The maximum atomic E-state index is 11.2. The third-order valence-corrected chi connectivity index (χ3v) is 9.83. The first-order valence-corrected chi connectivity index (χ1v) is 17.3. The highest BCUT2D eigenvalue weighted by molar-refractivity contribution is 7.99. The van der Waals surface area contributed by atoms with Crippen LogP contribution in [0.1, 0.15) is 24.0 Å². The second-order valence-corrected chi connectivity index (χ2v) is 13.4. The lowest BCUT2D eigenvalue weighted by atomic mass is 9.88. The van der Waals surface area contributed by atoms with E-state index in [9.17, 15) is 14.4 Å². The van der Waals surface area contributed by atoms with Crippen LogP contribution in [0.15, 0.2) is 134 Å². The second kappa shape index (κ2) is 17.4. The van der Waals surface area contributed by atoms with E-state index in [1.165, 1.54) is 64.4 Å². The number of carboxylic acid groups (broad SMARTS) is 2. The van der Waals surface area contributed by atoms with Crippen molar-refractivity contribution < 1.29 is 29.3 Å². The Labute approximate surface area is 298 Å². The van der Waals surface area contributed by atoms with Gasteiger partial charge in [-0.1, -0.05) is 83.7 Å². The first kappa shape index (κ1) is 36.0. The quantitative estimate of drug-likeness (QED) is 0.129. The van der Waals surface area contributed by atoms with Gasteiger partial charge in [0.25, 0.3) is 0 Å². The fraction of sp³-hybridized carbons (Fsp3) is 0.158. The van der Waals surface area contributed by atoms with E-state index < -0.39 is 18.0 Å². The number of likely N-dealkylation sites (tertiary alicyclic amines) is 1. The minimum Gasteiger partial charge on any atom is -0.478 e. The molecule has 2 aliphatic heterocycles. The van der Waals surface area contributed by atoms with Gasteiger partial charge in [-0.05, 0) is 79.1 Å². The number of rotatable bonds is 5. The number of imidazole rings is 1. The topological polar surface area (TPSA) is 145 Å². The van der Waals surface area contributed by atoms with E-state index >= 15 is 0 Å². The molecule has 256 valence electrons. The van der Waals surface area contributed by atoms with Crippen molar-refractivity contribution in [3.8, 4) is 0 Å². The minimum absolute atomic E-state index is 0.374. The maximum Gasteiger partial charge on any atom is 0.413 e. The maximum absolute atomic E-state index is 11.2. The molecule has 4 N–H and O–H groups in total. The van der Waals surface area contributed by atoms with Crippen LogP contribution in [0.2, 0.25) is 0 Å². The van der Waals surface area contributed by atoms with Crippen molar-refractivity contribution in [3.05, 3.63) is 126 Å². The third kappa shape index (κ3) is 9.88. The summed E-state index contributed by atoms with van der Waals surface area (Å²) in [6, 6.07) is 33.8. The Bertz CT molecular complexity index is 1970. The lowest BCUT2D eigenvalue weighted by molar-refractivity contribution is -0.134. The molecular formula is C38H36N4O6S2. The van der Waals surface area contributed by atoms with Crippen LogP contribution in [0, 0.1) is 0 Å². The minimum atomic E-state index is -1.26. The van der Waals surface area contributed by atoms with Crippen molar-refractivity contribution in [1.82, 2.24) is 14.9 Å². The van der Waals surface area contributed by atoms with E-state index in [1.807, 2.05) is 48.2 Å². The number of aliphatic carboxylic acids is 2. The van der Waals surface area contributed by atoms with Crippen LogP contribution >= 0.6 is 23.5 Å². The van der Waals surface area contributed by atoms with Gasteiger partial charge in [-0.2, -0.15) is 0 Å². The summed E-state index contributed by atoms with van der Waals surface area (Å²) in [7, 11) is 3.53. The molecule has 2 aliphatic rings. The Morgan fingerprint density at radius 3 is 2.00 bits per heavy atom. The van der Waals surface area contributed by atoms with Crippen LogP contribution in [0.4, 0.5) is 10.7 Å². The number of H-pyrrole nitrogens is 1. The van der Waals surface area contributed by atoms with Gasteiger partial charge < -0.3 is 24.8 Å². The molecule has 0 aliphatic carbocycles. The Balaban J connectivity index is 0.000000161. The van der Waals surface area contributed by atoms with Gasteiger partial charge in [0.15, 0.2) is 0 Å². The van der Waals surface area contributed by atoms with Gasteiger partial charge in [0, 0.05) is 44.8 Å². The number of nitrogens with zero attached hydrogens (tertiary/aromatic N) is 2. The molecule has 10 nitrogen and oxygen atoms in total. The number of piperidine rings is 1. The van der Waals surface area contributed by atoms with E-state index in [-0.39, 0.29) is 0 Å². The molecule has 1 saturated heterocycles. The molecule has 0 saturated carbocycles. The number of hydrogen-bond acceptors (Lipinski definition) is 8. The van der Waals surface area contributed by atoms with Crippen molar-refractivity contribution in [3.63, 3.8) is 0 Å². The lowest BCUT2D eigenvalue weighted by Gasteiger charge is -2.30. The van der Waals surface area contributed by atoms with Gasteiger partial charge in [-0.15, -0.1) is 0 Å². The smallest absolute Gasteiger partial charge is 0.413 e. The highest BCUT2D eigenvalue weighted by Crippen LogP contribution is 2.47. The van der Waals surface area contributed by atoms with Crippen LogP contribution in [-0.2, 0) is 14.3 Å². The summed E-state index contributed by atoms with van der Waals surface area (Å²) in [6.45, 7) is 2.35. The standard InChI is InChI=1S/C19H19NS.C15H13N3O2S.C4H4O4/c1-20-12-10-14(11-13-20)19-15-6-2-4-8-17(15)21-18-9-5-3-7-16(18)19;1-20-15(19)18-14-16-12-8-7-11(9-13(12)17-14)21-10-5-3-2-4-6-10;5-3(6)1-2-4(7)8/h2-9H,10-13H2,1H3;2-9H,1H3,(H2,16,17,18,19);1-2H,(H,5,6)(H,7,8). The van der Waals surface area contributed by atoms with Gasteiger partial charge >= 0.3 is 18.0 Å². The number of methoxy groups -OCH3 is 1. The summed E-state index contributed by atoms with van der Waals surface area (Å²) in [5.41, 5.74) is 7.66. The summed E-state index contributed by atoms with van der Waals surface area (Å²) in [5.74, 6) is -2.14. The molecule has 3 heterocycles. The van der Waals surface area contributed by atoms with Crippen LogP contribution in [-0.4, -0.2) is 70.4 Å². The zero-order valence-electron chi connectivity index (χ0n) is 27.5. The number of fused-ring (bicyclic) bond motifs is 3.